The average molecular weight is 291 g/mol. The molecule has 6 heteroatoms. The number of rotatable bonds is 2. The molecule has 0 spiro atoms. The van der Waals surface area contributed by atoms with Crippen LogP contribution in [0.2, 0.25) is 0 Å². The van der Waals surface area contributed by atoms with Crippen molar-refractivity contribution in [3.05, 3.63) is 17.8 Å². The van der Waals surface area contributed by atoms with E-state index in [1.54, 1.807) is 0 Å². The standard InChI is InChI=1S/C12H18N4.2ClH/c1-8-2-5-12(15-14-8)16-6-10(9-3-4-9)11(13)7-16;;/h2,5,9-11H,3-4,6-7,13H2,1H3;2*1H/t10-,11+;;/m1../s1. The number of aromatic nitrogens is 2. The van der Waals surface area contributed by atoms with Gasteiger partial charge in [-0.1, -0.05) is 0 Å². The number of halogens is 2. The van der Waals surface area contributed by atoms with E-state index in [4.69, 9.17) is 5.73 Å². The summed E-state index contributed by atoms with van der Waals surface area (Å²) in [5.41, 5.74) is 7.15. The number of hydrogen-bond donors (Lipinski definition) is 1. The molecule has 102 valence electrons. The lowest BCUT2D eigenvalue weighted by Crippen LogP contribution is -2.30. The van der Waals surface area contributed by atoms with Crippen molar-refractivity contribution >= 4 is 30.6 Å². The first-order valence-electron chi connectivity index (χ1n) is 6.05. The lowest BCUT2D eigenvalue weighted by atomic mass is 9.99. The van der Waals surface area contributed by atoms with Crippen molar-refractivity contribution in [1.82, 2.24) is 10.2 Å². The minimum Gasteiger partial charge on any atom is -0.353 e. The van der Waals surface area contributed by atoms with Gasteiger partial charge in [0.1, 0.15) is 0 Å². The summed E-state index contributed by atoms with van der Waals surface area (Å²) in [4.78, 5) is 2.28. The summed E-state index contributed by atoms with van der Waals surface area (Å²) in [7, 11) is 0. The molecule has 0 unspecified atom stereocenters. The van der Waals surface area contributed by atoms with Crippen molar-refractivity contribution in [2.45, 2.75) is 25.8 Å². The molecule has 1 saturated carbocycles. The predicted octanol–water partition coefficient (Wildman–Crippen LogP) is 1.80. The molecule has 1 saturated heterocycles. The van der Waals surface area contributed by atoms with E-state index < -0.39 is 0 Å². The molecule has 0 aromatic carbocycles. The fourth-order valence-electron chi connectivity index (χ4n) is 2.62. The minimum absolute atomic E-state index is 0. The van der Waals surface area contributed by atoms with E-state index in [1.807, 2.05) is 19.1 Å². The molecule has 1 aromatic heterocycles. The second-order valence-electron chi connectivity index (χ2n) is 5.10. The zero-order valence-electron chi connectivity index (χ0n) is 10.5. The molecule has 3 rings (SSSR count). The molecule has 2 atom stereocenters. The topological polar surface area (TPSA) is 55.0 Å². The molecule has 2 N–H and O–H groups in total. The summed E-state index contributed by atoms with van der Waals surface area (Å²) in [5.74, 6) is 2.52. The van der Waals surface area contributed by atoms with Crippen molar-refractivity contribution in [1.29, 1.82) is 0 Å². The van der Waals surface area contributed by atoms with Crippen LogP contribution in [0.5, 0.6) is 0 Å². The number of anilines is 1. The van der Waals surface area contributed by atoms with Gasteiger partial charge in [0.05, 0.1) is 5.69 Å². The van der Waals surface area contributed by atoms with Crippen LogP contribution in [-0.2, 0) is 0 Å². The van der Waals surface area contributed by atoms with E-state index in [-0.39, 0.29) is 24.8 Å². The van der Waals surface area contributed by atoms with E-state index in [2.05, 4.69) is 15.1 Å². The Morgan fingerprint density at radius 3 is 2.44 bits per heavy atom. The van der Waals surface area contributed by atoms with Gasteiger partial charge in [0, 0.05) is 19.1 Å². The van der Waals surface area contributed by atoms with Gasteiger partial charge < -0.3 is 10.6 Å². The highest BCUT2D eigenvalue weighted by Crippen LogP contribution is 2.41. The molecule has 1 aliphatic heterocycles. The van der Waals surface area contributed by atoms with Crippen LogP contribution < -0.4 is 10.6 Å². The van der Waals surface area contributed by atoms with Crippen LogP contribution in [-0.4, -0.2) is 29.3 Å². The van der Waals surface area contributed by atoms with Gasteiger partial charge in [0.2, 0.25) is 0 Å². The van der Waals surface area contributed by atoms with E-state index in [0.29, 0.717) is 12.0 Å². The highest BCUT2D eigenvalue weighted by atomic mass is 35.5. The third-order valence-corrected chi connectivity index (χ3v) is 3.75. The molecule has 2 aliphatic rings. The molecular weight excluding hydrogens is 271 g/mol. The molecule has 0 amide bonds. The highest BCUT2D eigenvalue weighted by Gasteiger charge is 2.41. The summed E-state index contributed by atoms with van der Waals surface area (Å²) in [6, 6.07) is 4.37. The molecule has 1 aromatic rings. The maximum atomic E-state index is 6.19. The van der Waals surface area contributed by atoms with Crippen molar-refractivity contribution < 1.29 is 0 Å². The maximum absolute atomic E-state index is 6.19. The first kappa shape index (κ1) is 15.5. The normalized spacial score (nSPS) is 26.4. The van der Waals surface area contributed by atoms with Crippen LogP contribution in [0.3, 0.4) is 0 Å². The lowest BCUT2D eigenvalue weighted by molar-refractivity contribution is 0.456. The smallest absolute Gasteiger partial charge is 0.151 e. The molecule has 0 bridgehead atoms. The van der Waals surface area contributed by atoms with Gasteiger partial charge in [-0.25, -0.2) is 0 Å². The highest BCUT2D eigenvalue weighted by molar-refractivity contribution is 5.85. The number of hydrogen-bond acceptors (Lipinski definition) is 4. The third-order valence-electron chi connectivity index (χ3n) is 3.75. The molecule has 2 heterocycles. The number of aryl methyl sites for hydroxylation is 1. The number of nitrogens with zero attached hydrogens (tertiary/aromatic N) is 3. The van der Waals surface area contributed by atoms with Gasteiger partial charge in [0.15, 0.2) is 5.82 Å². The van der Waals surface area contributed by atoms with Crippen molar-refractivity contribution in [3.8, 4) is 0 Å². The SMILES string of the molecule is Cc1ccc(N2C[C@H](C3CC3)[C@@H](N)C2)nn1.Cl.Cl. The molecule has 2 fully saturated rings. The summed E-state index contributed by atoms with van der Waals surface area (Å²) >= 11 is 0. The van der Waals surface area contributed by atoms with E-state index in [0.717, 1.165) is 30.5 Å². The maximum Gasteiger partial charge on any atom is 0.151 e. The Bertz CT molecular complexity index is 380. The first-order chi connectivity index (χ1) is 7.74. The Hall–Kier alpha value is -0.580. The third kappa shape index (κ3) is 3.05. The van der Waals surface area contributed by atoms with Gasteiger partial charge in [-0.3, -0.25) is 0 Å². The second-order valence-corrected chi connectivity index (χ2v) is 5.10. The molecule has 0 radical (unpaired) electrons. The van der Waals surface area contributed by atoms with Gasteiger partial charge >= 0.3 is 0 Å². The minimum atomic E-state index is 0. The van der Waals surface area contributed by atoms with Crippen molar-refractivity contribution in [2.75, 3.05) is 18.0 Å². The van der Waals surface area contributed by atoms with Crippen LogP contribution in [0.25, 0.3) is 0 Å². The first-order valence-corrected chi connectivity index (χ1v) is 6.05. The Morgan fingerprint density at radius 2 is 1.89 bits per heavy atom. The van der Waals surface area contributed by atoms with Gasteiger partial charge in [-0.15, -0.1) is 29.9 Å². The quantitative estimate of drug-likeness (QED) is 0.903. The fourth-order valence-corrected chi connectivity index (χ4v) is 2.62. The summed E-state index contributed by atoms with van der Waals surface area (Å²) < 4.78 is 0. The van der Waals surface area contributed by atoms with Crippen LogP contribution in [0.15, 0.2) is 12.1 Å². The van der Waals surface area contributed by atoms with Crippen molar-refractivity contribution in [2.24, 2.45) is 17.6 Å². The predicted molar refractivity (Wildman–Crippen MR) is 77.7 cm³/mol. The Kier molecular flexibility index (Phi) is 5.20. The van der Waals surface area contributed by atoms with Gasteiger partial charge in [0.25, 0.3) is 0 Å². The number of nitrogens with two attached hydrogens (primary N) is 1. The molecule has 18 heavy (non-hydrogen) atoms. The van der Waals surface area contributed by atoms with Crippen LogP contribution >= 0.6 is 24.8 Å². The van der Waals surface area contributed by atoms with Crippen molar-refractivity contribution in [3.63, 3.8) is 0 Å². The summed E-state index contributed by atoms with van der Waals surface area (Å²) in [6.07, 6.45) is 2.73. The van der Waals surface area contributed by atoms with Gasteiger partial charge in [-0.05, 0) is 43.7 Å². The molecule has 4 nitrogen and oxygen atoms in total. The fraction of sp³-hybridized carbons (Fsp3) is 0.667. The van der Waals surface area contributed by atoms with Gasteiger partial charge in [-0.2, -0.15) is 5.10 Å². The van der Waals surface area contributed by atoms with Crippen LogP contribution in [0.4, 0.5) is 5.82 Å². The molecular formula is C12H20Cl2N4. The van der Waals surface area contributed by atoms with Crippen LogP contribution in [0, 0.1) is 18.8 Å². The average Bonchev–Trinajstić information content (AvgIpc) is 3.04. The largest absolute Gasteiger partial charge is 0.353 e. The second kappa shape index (κ2) is 6.04. The summed E-state index contributed by atoms with van der Waals surface area (Å²) in [6.45, 7) is 3.95. The lowest BCUT2D eigenvalue weighted by Gasteiger charge is -2.16. The summed E-state index contributed by atoms with van der Waals surface area (Å²) in [5, 5.41) is 8.33. The zero-order valence-corrected chi connectivity index (χ0v) is 12.1. The Balaban J connectivity index is 0.000000810. The zero-order chi connectivity index (χ0) is 11.1. The Morgan fingerprint density at radius 1 is 1.17 bits per heavy atom. The van der Waals surface area contributed by atoms with E-state index in [9.17, 15) is 0 Å². The monoisotopic (exact) mass is 290 g/mol. The molecule has 1 aliphatic carbocycles. The van der Waals surface area contributed by atoms with E-state index in [1.165, 1.54) is 12.8 Å². The van der Waals surface area contributed by atoms with E-state index >= 15 is 0 Å². The van der Waals surface area contributed by atoms with Crippen LogP contribution in [0.1, 0.15) is 18.5 Å². The Labute approximate surface area is 120 Å².